The Kier molecular flexibility index (Phi) is 11.7. The predicted octanol–water partition coefficient (Wildman–Crippen LogP) is 9.19. The first-order valence-electron chi connectivity index (χ1n) is 15.5. The van der Waals surface area contributed by atoms with Gasteiger partial charge >= 0.3 is 5.69 Å². The number of fused-ring (bicyclic) bond motifs is 4. The molecule has 0 spiro atoms. The van der Waals surface area contributed by atoms with Crippen molar-refractivity contribution in [3.63, 3.8) is 0 Å². The number of halogens is 2. The first-order chi connectivity index (χ1) is 25.0. The molecule has 0 aliphatic heterocycles. The van der Waals surface area contributed by atoms with Gasteiger partial charge < -0.3 is 14.9 Å². The Balaban J connectivity index is 0.000000184. The topological polar surface area (TPSA) is 139 Å². The Labute approximate surface area is 313 Å². The first kappa shape index (κ1) is 38.1. The van der Waals surface area contributed by atoms with Gasteiger partial charge in [-0.1, -0.05) is 38.1 Å². The van der Waals surface area contributed by atoms with E-state index in [1.54, 1.807) is 53.5 Å². The Morgan fingerprint density at radius 2 is 1.17 bits per heavy atom. The average Bonchev–Trinajstić information content (AvgIpc) is 3.80. The zero-order valence-corrected chi connectivity index (χ0v) is 31.4. The molecule has 0 unspecified atom stereocenters. The smallest absolute Gasteiger partial charge is 0.334 e. The minimum absolute atomic E-state index is 0.0185. The number of benzene rings is 2. The molecular weight excluding hydrogens is 747 g/mol. The van der Waals surface area contributed by atoms with Crippen LogP contribution in [0.25, 0.3) is 64.8 Å². The van der Waals surface area contributed by atoms with E-state index in [4.69, 9.17) is 5.73 Å². The minimum Gasteiger partial charge on any atom is -0.394 e. The molecular formula is C36H30F2N6O4S4. The average molecular weight is 777 g/mol. The van der Waals surface area contributed by atoms with Crippen molar-refractivity contribution in [2.75, 3.05) is 5.73 Å². The summed E-state index contributed by atoms with van der Waals surface area (Å²) in [5, 5.41) is 16.2. The van der Waals surface area contributed by atoms with Crippen molar-refractivity contribution >= 4 is 99.6 Å². The number of anilines is 1. The van der Waals surface area contributed by atoms with E-state index < -0.39 is 16.0 Å². The van der Waals surface area contributed by atoms with E-state index in [1.807, 2.05) is 44.5 Å². The van der Waals surface area contributed by atoms with Gasteiger partial charge in [0.25, 0.3) is 5.43 Å². The standard InChI is InChI=1S/C17H10FN3O3S.C17H12FN3OS.C2H6.H2S2/c1-20-7-14(21(23)24)16(22)15-13(20)6-5-12(19-15)10-8-25-17-9(10)3-2-4-11(17)18;1-21-7-12(19)16(22)15-14(21)6-5-13(20-15)10-8-23-17-9(10)3-2-4-11(17)18;2*1-2/h2-8H,1H3;2-8H,19H2,1H3;1-2H3;1-2H. The molecule has 0 atom stereocenters. The van der Waals surface area contributed by atoms with Gasteiger partial charge in [0.05, 0.1) is 48.6 Å². The zero-order chi connectivity index (χ0) is 37.9. The fourth-order valence-corrected chi connectivity index (χ4v) is 7.52. The molecule has 16 heteroatoms. The summed E-state index contributed by atoms with van der Waals surface area (Å²) in [4.78, 5) is 43.8. The van der Waals surface area contributed by atoms with Crippen molar-refractivity contribution in [2.45, 2.75) is 13.8 Å². The number of hydrogen-bond donors (Lipinski definition) is 3. The second-order valence-electron chi connectivity index (χ2n) is 10.9. The summed E-state index contributed by atoms with van der Waals surface area (Å²) in [5.74, 6) is -0.569. The van der Waals surface area contributed by atoms with E-state index >= 15 is 0 Å². The largest absolute Gasteiger partial charge is 0.394 e. The van der Waals surface area contributed by atoms with Crippen LogP contribution in [0.2, 0.25) is 0 Å². The third kappa shape index (κ3) is 7.01. The lowest BCUT2D eigenvalue weighted by Gasteiger charge is -2.07. The second kappa shape index (κ2) is 16.0. The molecule has 0 amide bonds. The normalized spacial score (nSPS) is 10.7. The van der Waals surface area contributed by atoms with E-state index in [9.17, 15) is 28.5 Å². The summed E-state index contributed by atoms with van der Waals surface area (Å²) in [7, 11) is 3.43. The highest BCUT2D eigenvalue weighted by molar-refractivity contribution is 8.59. The van der Waals surface area contributed by atoms with Crippen molar-refractivity contribution in [1.82, 2.24) is 19.1 Å². The van der Waals surface area contributed by atoms with Crippen LogP contribution in [-0.4, -0.2) is 24.0 Å². The minimum atomic E-state index is -0.731. The number of aromatic nitrogens is 4. The van der Waals surface area contributed by atoms with Crippen LogP contribution in [0.5, 0.6) is 0 Å². The SMILES string of the molecule is CC.Cn1cc(N)c(=O)c2nc(-c3csc4c(F)cccc34)ccc21.Cn1cc([N+](=O)[O-])c(=O)c2nc(-c3csc4c(F)cccc34)ccc21.SS. The van der Waals surface area contributed by atoms with E-state index in [0.29, 0.717) is 48.3 Å². The summed E-state index contributed by atoms with van der Waals surface area (Å²) in [6.45, 7) is 4.00. The molecule has 0 saturated heterocycles. The van der Waals surface area contributed by atoms with E-state index in [-0.39, 0.29) is 28.3 Å². The third-order valence-corrected chi connectivity index (χ3v) is 9.94. The zero-order valence-electron chi connectivity index (χ0n) is 28.0. The lowest BCUT2D eigenvalue weighted by atomic mass is 10.1. The maximum Gasteiger partial charge on any atom is 0.334 e. The number of thiophene rings is 2. The van der Waals surface area contributed by atoms with Gasteiger partial charge in [0, 0.05) is 53.0 Å². The van der Waals surface area contributed by atoms with Gasteiger partial charge in [-0.3, -0.25) is 19.7 Å². The summed E-state index contributed by atoms with van der Waals surface area (Å²) < 4.78 is 32.1. The van der Waals surface area contributed by atoms with Crippen LogP contribution in [-0.2, 0) is 14.1 Å². The van der Waals surface area contributed by atoms with Gasteiger partial charge in [0.15, 0.2) is 0 Å². The van der Waals surface area contributed by atoms with Crippen LogP contribution in [0, 0.1) is 21.7 Å². The fraction of sp³-hybridized carbons (Fsp3) is 0.111. The third-order valence-electron chi connectivity index (χ3n) is 7.93. The molecule has 6 aromatic heterocycles. The van der Waals surface area contributed by atoms with Gasteiger partial charge in [-0.2, -0.15) is 0 Å². The first-order valence-corrected chi connectivity index (χ1v) is 18.8. The molecule has 0 bridgehead atoms. The van der Waals surface area contributed by atoms with E-state index in [0.717, 1.165) is 10.9 Å². The van der Waals surface area contributed by atoms with Gasteiger partial charge in [0.2, 0.25) is 5.43 Å². The predicted molar refractivity (Wildman–Crippen MR) is 216 cm³/mol. The van der Waals surface area contributed by atoms with Crippen molar-refractivity contribution in [3.8, 4) is 22.5 Å². The van der Waals surface area contributed by atoms with Gasteiger partial charge in [0.1, 0.15) is 22.7 Å². The van der Waals surface area contributed by atoms with Crippen LogP contribution >= 0.6 is 46.0 Å². The molecule has 2 N–H and O–H groups in total. The van der Waals surface area contributed by atoms with E-state index in [1.165, 1.54) is 45.6 Å². The van der Waals surface area contributed by atoms with E-state index in [2.05, 4.69) is 33.3 Å². The summed E-state index contributed by atoms with van der Waals surface area (Å²) in [6.07, 6.45) is 2.77. The molecule has 8 aromatic rings. The van der Waals surface area contributed by atoms with Crippen LogP contribution in [0.15, 0.2) is 93.4 Å². The Hall–Kier alpha value is -5.16. The molecule has 0 radical (unpaired) electrons. The monoisotopic (exact) mass is 776 g/mol. The van der Waals surface area contributed by atoms with Crippen molar-refractivity contribution in [1.29, 1.82) is 0 Å². The quantitative estimate of drug-likeness (QED) is 0.0704. The number of rotatable bonds is 3. The highest BCUT2D eigenvalue weighted by Gasteiger charge is 2.19. The maximum absolute atomic E-state index is 13.9. The van der Waals surface area contributed by atoms with Crippen LogP contribution < -0.4 is 16.6 Å². The van der Waals surface area contributed by atoms with Crippen molar-refractivity contribution < 1.29 is 13.7 Å². The molecule has 52 heavy (non-hydrogen) atoms. The van der Waals surface area contributed by atoms with Crippen LogP contribution in [0.3, 0.4) is 0 Å². The van der Waals surface area contributed by atoms with Crippen molar-refractivity contribution in [3.05, 3.63) is 126 Å². The van der Waals surface area contributed by atoms with Crippen LogP contribution in [0.4, 0.5) is 20.2 Å². The lowest BCUT2D eigenvalue weighted by Crippen LogP contribution is -2.13. The Morgan fingerprint density at radius 3 is 1.63 bits per heavy atom. The number of pyridine rings is 4. The molecule has 0 fully saturated rings. The van der Waals surface area contributed by atoms with Crippen molar-refractivity contribution in [2.24, 2.45) is 14.1 Å². The number of nitrogens with zero attached hydrogens (tertiary/aromatic N) is 5. The summed E-state index contributed by atoms with van der Waals surface area (Å²) in [6, 6.07) is 16.8. The van der Waals surface area contributed by atoms with Gasteiger partial charge in [-0.15, -0.1) is 46.0 Å². The molecule has 0 saturated carbocycles. The highest BCUT2D eigenvalue weighted by Crippen LogP contribution is 2.36. The van der Waals surface area contributed by atoms with Gasteiger partial charge in [-0.25, -0.2) is 18.7 Å². The Morgan fingerprint density at radius 1 is 0.731 bits per heavy atom. The molecule has 6 heterocycles. The summed E-state index contributed by atoms with van der Waals surface area (Å²) in [5.41, 5.74) is 8.51. The van der Waals surface area contributed by atoms with Gasteiger partial charge in [-0.05, 0) is 36.4 Å². The lowest BCUT2D eigenvalue weighted by molar-refractivity contribution is -0.386. The number of thiol groups is 2. The molecule has 0 aliphatic rings. The maximum atomic E-state index is 13.9. The number of hydrogen-bond acceptors (Lipinski definition) is 11. The number of nitrogen functional groups attached to an aromatic ring is 1. The number of nitro groups is 1. The number of nitrogens with two attached hydrogens (primary N) is 1. The summed E-state index contributed by atoms with van der Waals surface area (Å²) >= 11 is 9.02. The number of aryl methyl sites for hydroxylation is 2. The highest BCUT2D eigenvalue weighted by atomic mass is 33.1. The second-order valence-corrected chi connectivity index (χ2v) is 12.7. The molecule has 2 aromatic carbocycles. The molecule has 266 valence electrons. The fourth-order valence-electron chi connectivity index (χ4n) is 5.58. The van der Waals surface area contributed by atoms with Crippen LogP contribution in [0.1, 0.15) is 13.8 Å². The molecule has 0 aliphatic carbocycles. The molecule has 10 nitrogen and oxygen atoms in total. The molecule has 8 rings (SSSR count). The Bertz CT molecular complexity index is 2740.